The van der Waals surface area contributed by atoms with Gasteiger partial charge in [-0.2, -0.15) is 0 Å². The van der Waals surface area contributed by atoms with Gasteiger partial charge in [-0.15, -0.1) is 0 Å². The Kier molecular flexibility index (Phi) is 8.50. The minimum Gasteiger partial charge on any atom is -0.474 e. The summed E-state index contributed by atoms with van der Waals surface area (Å²) in [5, 5.41) is 3.42. The summed E-state index contributed by atoms with van der Waals surface area (Å²) < 4.78 is 37.7. The maximum absolute atomic E-state index is 14.4. The van der Waals surface area contributed by atoms with Gasteiger partial charge in [-0.3, -0.25) is 13.9 Å². The Hall–Kier alpha value is -3.08. The maximum Gasteiger partial charge on any atom is 0.238 e. The zero-order valence-electron chi connectivity index (χ0n) is 19.9. The Morgan fingerprint density at radius 3 is 2.64 bits per heavy atom. The molecule has 2 aromatic carbocycles. The molecule has 0 spiro atoms. The van der Waals surface area contributed by atoms with Crippen molar-refractivity contribution in [2.24, 2.45) is 0 Å². The smallest absolute Gasteiger partial charge is 0.238 e. The third kappa shape index (κ3) is 6.77. The summed E-state index contributed by atoms with van der Waals surface area (Å²) in [4.78, 5) is 23.1. The zero-order valence-corrected chi connectivity index (χ0v) is 21.4. The largest absolute Gasteiger partial charge is 0.474 e. The zero-order chi connectivity index (χ0) is 25.7. The first-order valence-electron chi connectivity index (χ1n) is 11.4. The highest BCUT2D eigenvalue weighted by atomic mass is 35.5. The highest BCUT2D eigenvalue weighted by molar-refractivity contribution is 7.84. The van der Waals surface area contributed by atoms with Gasteiger partial charge in [0.05, 0.1) is 12.1 Å². The van der Waals surface area contributed by atoms with Gasteiger partial charge < -0.3 is 14.8 Å². The molecule has 0 radical (unpaired) electrons. The second-order valence-electron chi connectivity index (χ2n) is 8.41. The lowest BCUT2D eigenvalue weighted by molar-refractivity contribution is -0.117. The SMILES string of the molecule is Cc1c(Oc2ccc(S(C)=O)cc2F)ncnc1OC1CCN(CC(=O)Nc2cccc(Cl)c2)CC1. The van der Waals surface area contributed by atoms with E-state index in [1.165, 1.54) is 24.7 Å². The first kappa shape index (κ1) is 26.0. The quantitative estimate of drug-likeness (QED) is 0.453. The van der Waals surface area contributed by atoms with Crippen LogP contribution in [-0.2, 0) is 15.6 Å². The second-order valence-corrected chi connectivity index (χ2v) is 10.2. The van der Waals surface area contributed by atoms with Crippen LogP contribution in [0.25, 0.3) is 0 Å². The highest BCUT2D eigenvalue weighted by Gasteiger charge is 2.24. The summed E-state index contributed by atoms with van der Waals surface area (Å²) in [5.41, 5.74) is 1.21. The Labute approximate surface area is 216 Å². The van der Waals surface area contributed by atoms with E-state index < -0.39 is 16.6 Å². The van der Waals surface area contributed by atoms with Crippen molar-refractivity contribution in [1.82, 2.24) is 14.9 Å². The molecule has 190 valence electrons. The third-order valence-electron chi connectivity index (χ3n) is 5.72. The Balaban J connectivity index is 1.31. The van der Waals surface area contributed by atoms with E-state index in [1.54, 1.807) is 37.3 Å². The summed E-state index contributed by atoms with van der Waals surface area (Å²) in [6, 6.07) is 11.2. The topological polar surface area (TPSA) is 93.7 Å². The van der Waals surface area contributed by atoms with Crippen LogP contribution in [0.3, 0.4) is 0 Å². The van der Waals surface area contributed by atoms with E-state index in [9.17, 15) is 13.4 Å². The van der Waals surface area contributed by atoms with Gasteiger partial charge in [-0.05, 0) is 56.2 Å². The predicted molar refractivity (Wildman–Crippen MR) is 136 cm³/mol. The molecule has 3 aromatic rings. The number of nitrogens with one attached hydrogen (secondary N) is 1. The van der Waals surface area contributed by atoms with Crippen LogP contribution in [0.4, 0.5) is 10.1 Å². The Bertz CT molecular complexity index is 1270. The van der Waals surface area contributed by atoms with Crippen molar-refractivity contribution < 1.29 is 22.9 Å². The minimum atomic E-state index is -1.29. The number of aromatic nitrogens is 2. The molecular formula is C25H26ClFN4O4S. The van der Waals surface area contributed by atoms with Gasteiger partial charge in [-0.1, -0.05) is 17.7 Å². The minimum absolute atomic E-state index is 0.0266. The first-order valence-corrected chi connectivity index (χ1v) is 13.3. The number of amides is 1. The molecule has 11 heteroatoms. The number of piperidine rings is 1. The van der Waals surface area contributed by atoms with E-state index in [4.69, 9.17) is 21.1 Å². The molecule has 1 saturated heterocycles. The van der Waals surface area contributed by atoms with Gasteiger partial charge in [0, 0.05) is 45.8 Å². The van der Waals surface area contributed by atoms with Crippen LogP contribution >= 0.6 is 11.6 Å². The standard InChI is InChI=1S/C25H26ClFN4O4S/c1-16-24(28-15-29-25(16)35-22-7-6-20(36(2)33)13-21(22)27)34-19-8-10-31(11-9-19)14-23(32)30-18-5-3-4-17(26)12-18/h3-7,12-13,15,19H,8-11,14H2,1-2H3,(H,30,32). The summed E-state index contributed by atoms with van der Waals surface area (Å²) in [7, 11) is -1.29. The maximum atomic E-state index is 14.4. The molecule has 0 saturated carbocycles. The molecular weight excluding hydrogens is 507 g/mol. The van der Waals surface area contributed by atoms with Crippen LogP contribution in [0, 0.1) is 12.7 Å². The fourth-order valence-electron chi connectivity index (χ4n) is 3.80. The van der Waals surface area contributed by atoms with Gasteiger partial charge in [-0.25, -0.2) is 14.4 Å². The van der Waals surface area contributed by atoms with Gasteiger partial charge in [0.1, 0.15) is 12.4 Å². The van der Waals surface area contributed by atoms with Gasteiger partial charge in [0.2, 0.25) is 17.7 Å². The number of benzene rings is 2. The lowest BCUT2D eigenvalue weighted by atomic mass is 10.1. The van der Waals surface area contributed by atoms with Crippen LogP contribution in [0.2, 0.25) is 5.02 Å². The Morgan fingerprint density at radius 2 is 1.94 bits per heavy atom. The number of nitrogens with zero attached hydrogens (tertiary/aromatic N) is 3. The molecule has 1 amide bonds. The average Bonchev–Trinajstić information content (AvgIpc) is 2.84. The number of halogens is 2. The fraction of sp³-hybridized carbons (Fsp3) is 0.320. The van der Waals surface area contributed by atoms with E-state index in [0.717, 1.165) is 0 Å². The van der Waals surface area contributed by atoms with Crippen LogP contribution in [0.5, 0.6) is 17.5 Å². The predicted octanol–water partition coefficient (Wildman–Crippen LogP) is 4.59. The van der Waals surface area contributed by atoms with Gasteiger partial charge in [0.25, 0.3) is 0 Å². The van der Waals surface area contributed by atoms with Crippen LogP contribution < -0.4 is 14.8 Å². The van der Waals surface area contributed by atoms with Gasteiger partial charge in [0.15, 0.2) is 11.6 Å². The summed E-state index contributed by atoms with van der Waals surface area (Å²) in [6.07, 6.45) is 4.13. The number of hydrogen-bond acceptors (Lipinski definition) is 7. The van der Waals surface area contributed by atoms with E-state index in [-0.39, 0.29) is 30.2 Å². The van der Waals surface area contributed by atoms with E-state index >= 15 is 0 Å². The lowest BCUT2D eigenvalue weighted by Gasteiger charge is -2.31. The van der Waals surface area contributed by atoms with Gasteiger partial charge >= 0.3 is 0 Å². The van der Waals surface area contributed by atoms with Crippen molar-refractivity contribution in [2.75, 3.05) is 31.2 Å². The first-order chi connectivity index (χ1) is 17.3. The third-order valence-corrected chi connectivity index (χ3v) is 6.87. The van der Waals surface area contributed by atoms with Crippen molar-refractivity contribution in [3.8, 4) is 17.5 Å². The Morgan fingerprint density at radius 1 is 1.19 bits per heavy atom. The monoisotopic (exact) mass is 532 g/mol. The normalized spacial score (nSPS) is 15.3. The second kappa shape index (κ2) is 11.8. The number of carbonyl (C=O) groups is 1. The molecule has 1 N–H and O–H groups in total. The summed E-state index contributed by atoms with van der Waals surface area (Å²) in [6.45, 7) is 3.40. The van der Waals surface area contributed by atoms with Crippen LogP contribution in [0.1, 0.15) is 18.4 Å². The molecule has 1 unspecified atom stereocenters. The summed E-state index contributed by atoms with van der Waals surface area (Å²) in [5.74, 6) is -0.213. The molecule has 1 aromatic heterocycles. The number of carbonyl (C=O) groups excluding carboxylic acids is 1. The fourth-order valence-corrected chi connectivity index (χ4v) is 4.52. The van der Waals surface area contributed by atoms with Crippen LogP contribution in [0.15, 0.2) is 53.7 Å². The molecule has 8 nitrogen and oxygen atoms in total. The molecule has 0 bridgehead atoms. The lowest BCUT2D eigenvalue weighted by Crippen LogP contribution is -2.42. The molecule has 1 aliphatic rings. The molecule has 36 heavy (non-hydrogen) atoms. The molecule has 1 atom stereocenters. The van der Waals surface area contributed by atoms with Crippen molar-refractivity contribution >= 4 is 34.0 Å². The summed E-state index contributed by atoms with van der Waals surface area (Å²) >= 11 is 5.97. The van der Waals surface area contributed by atoms with Crippen molar-refractivity contribution in [3.63, 3.8) is 0 Å². The van der Waals surface area contributed by atoms with Crippen LogP contribution in [-0.4, -0.2) is 57.0 Å². The average molecular weight is 533 g/mol. The molecule has 1 aliphatic heterocycles. The van der Waals surface area contributed by atoms with Crippen molar-refractivity contribution in [1.29, 1.82) is 0 Å². The van der Waals surface area contributed by atoms with Crippen molar-refractivity contribution in [3.05, 3.63) is 65.2 Å². The number of likely N-dealkylation sites (tertiary alicyclic amines) is 1. The van der Waals surface area contributed by atoms with Crippen molar-refractivity contribution in [2.45, 2.75) is 30.8 Å². The highest BCUT2D eigenvalue weighted by Crippen LogP contribution is 2.31. The number of hydrogen-bond donors (Lipinski definition) is 1. The van der Waals surface area contributed by atoms with E-state index in [1.807, 2.05) is 0 Å². The molecule has 2 heterocycles. The van der Waals surface area contributed by atoms with E-state index in [0.29, 0.717) is 53.0 Å². The number of rotatable bonds is 8. The molecule has 0 aliphatic carbocycles. The molecule has 4 rings (SSSR count). The molecule has 1 fully saturated rings. The number of anilines is 1. The number of ether oxygens (including phenoxy) is 2. The van der Waals surface area contributed by atoms with E-state index in [2.05, 4.69) is 20.2 Å².